The fraction of sp³-hybridized carbons (Fsp3) is 0.944. The summed E-state index contributed by atoms with van der Waals surface area (Å²) in [6.07, 6.45) is 10.3. The molecule has 0 radical (unpaired) electrons. The fourth-order valence-corrected chi connectivity index (χ4v) is 6.38. The molecule has 2 N–H and O–H groups in total. The second-order valence-corrected chi connectivity index (χ2v) is 8.97. The Balaban J connectivity index is 1.59. The van der Waals surface area contributed by atoms with E-state index in [1.807, 2.05) is 0 Å². The summed E-state index contributed by atoms with van der Waals surface area (Å²) in [5, 5.41) is 6.73. The first kappa shape index (κ1) is 15.3. The lowest BCUT2D eigenvalue weighted by molar-refractivity contribution is -0.129. The van der Waals surface area contributed by atoms with Crippen LogP contribution in [0, 0.1) is 16.7 Å². The summed E-state index contributed by atoms with van der Waals surface area (Å²) in [4.78, 5) is 12.0. The van der Waals surface area contributed by atoms with Gasteiger partial charge in [-0.25, -0.2) is 0 Å². The molecule has 120 valence electrons. The zero-order chi connectivity index (χ0) is 15.1. The van der Waals surface area contributed by atoms with Crippen molar-refractivity contribution in [1.82, 2.24) is 10.6 Å². The molecule has 0 aromatic carbocycles. The van der Waals surface area contributed by atoms with Gasteiger partial charge in [0.25, 0.3) is 0 Å². The molecule has 4 fully saturated rings. The fourth-order valence-electron chi connectivity index (χ4n) is 6.38. The van der Waals surface area contributed by atoms with Crippen LogP contribution in [0.15, 0.2) is 0 Å². The van der Waals surface area contributed by atoms with E-state index in [0.717, 1.165) is 25.3 Å². The first-order valence-corrected chi connectivity index (χ1v) is 8.88. The third kappa shape index (κ3) is 3.13. The predicted octanol–water partition coefficient (Wildman–Crippen LogP) is 3.24. The van der Waals surface area contributed by atoms with Gasteiger partial charge in [-0.15, -0.1) is 0 Å². The molecule has 2 unspecified atom stereocenters. The maximum Gasteiger partial charge on any atom is 0.233 e. The van der Waals surface area contributed by atoms with Gasteiger partial charge in [0.15, 0.2) is 0 Å². The van der Waals surface area contributed by atoms with Gasteiger partial charge in [-0.3, -0.25) is 4.79 Å². The standard InChI is InChI=1S/C18H32N2O/c1-4-5-6-19-15(21)10-20-18-9-14-7-16(2,12-18)11-17(3,8-14)13-18/h14,20H,4-13H2,1-3H3,(H,19,21). The molecule has 4 bridgehead atoms. The number of rotatable bonds is 6. The predicted molar refractivity (Wildman–Crippen MR) is 86.1 cm³/mol. The number of carbonyl (C=O) groups excluding carboxylic acids is 1. The van der Waals surface area contributed by atoms with E-state index in [2.05, 4.69) is 31.4 Å². The van der Waals surface area contributed by atoms with Crippen molar-refractivity contribution in [2.75, 3.05) is 13.1 Å². The van der Waals surface area contributed by atoms with E-state index in [1.165, 1.54) is 38.5 Å². The van der Waals surface area contributed by atoms with Crippen LogP contribution in [0.1, 0.15) is 72.1 Å². The van der Waals surface area contributed by atoms with Gasteiger partial charge in [-0.1, -0.05) is 27.2 Å². The number of hydrogen-bond acceptors (Lipinski definition) is 2. The van der Waals surface area contributed by atoms with Crippen LogP contribution in [0.25, 0.3) is 0 Å². The van der Waals surface area contributed by atoms with Crippen LogP contribution in [-0.2, 0) is 4.79 Å². The number of carbonyl (C=O) groups is 1. The number of unbranched alkanes of at least 4 members (excludes halogenated alkanes) is 1. The molecule has 3 nitrogen and oxygen atoms in total. The van der Waals surface area contributed by atoms with Gasteiger partial charge >= 0.3 is 0 Å². The summed E-state index contributed by atoms with van der Waals surface area (Å²) < 4.78 is 0. The monoisotopic (exact) mass is 292 g/mol. The zero-order valence-corrected chi connectivity index (χ0v) is 14.1. The van der Waals surface area contributed by atoms with Crippen molar-refractivity contribution in [3.8, 4) is 0 Å². The Morgan fingerprint density at radius 3 is 2.33 bits per heavy atom. The van der Waals surface area contributed by atoms with E-state index < -0.39 is 0 Å². The molecule has 0 aromatic heterocycles. The SMILES string of the molecule is CCCCNC(=O)CNC12CC3CC(C)(CC(C)(C3)C1)C2. The molecule has 0 aromatic rings. The molecule has 1 amide bonds. The number of nitrogens with one attached hydrogen (secondary N) is 2. The average molecular weight is 292 g/mol. The Kier molecular flexibility index (Phi) is 3.84. The first-order chi connectivity index (χ1) is 9.86. The summed E-state index contributed by atoms with van der Waals surface area (Å²) in [6, 6.07) is 0. The molecule has 4 aliphatic carbocycles. The van der Waals surface area contributed by atoms with E-state index in [0.29, 0.717) is 17.4 Å². The molecule has 4 aliphatic rings. The van der Waals surface area contributed by atoms with Crippen LogP contribution in [0.5, 0.6) is 0 Å². The third-order valence-electron chi connectivity index (χ3n) is 6.10. The van der Waals surface area contributed by atoms with Crippen molar-refractivity contribution >= 4 is 5.91 Å². The third-order valence-corrected chi connectivity index (χ3v) is 6.10. The molecule has 0 saturated heterocycles. The lowest BCUT2D eigenvalue weighted by atomic mass is 9.43. The lowest BCUT2D eigenvalue weighted by Gasteiger charge is -2.65. The Morgan fingerprint density at radius 1 is 1.10 bits per heavy atom. The maximum atomic E-state index is 12.0. The van der Waals surface area contributed by atoms with Gasteiger partial charge in [-0.05, 0) is 61.7 Å². The smallest absolute Gasteiger partial charge is 0.233 e. The second-order valence-electron chi connectivity index (χ2n) is 8.97. The largest absolute Gasteiger partial charge is 0.355 e. The minimum absolute atomic E-state index is 0.175. The molecule has 0 aliphatic heterocycles. The summed E-state index contributed by atoms with van der Waals surface area (Å²) in [6.45, 7) is 8.44. The highest BCUT2D eigenvalue weighted by atomic mass is 16.1. The minimum atomic E-state index is 0.175. The van der Waals surface area contributed by atoms with Crippen LogP contribution in [-0.4, -0.2) is 24.5 Å². The van der Waals surface area contributed by atoms with Crippen LogP contribution in [0.2, 0.25) is 0 Å². The highest BCUT2D eigenvalue weighted by Crippen LogP contribution is 2.66. The Hall–Kier alpha value is -0.570. The number of hydrogen-bond donors (Lipinski definition) is 2. The second kappa shape index (κ2) is 5.26. The van der Waals surface area contributed by atoms with Crippen molar-refractivity contribution in [3.05, 3.63) is 0 Å². The van der Waals surface area contributed by atoms with Crippen LogP contribution in [0.4, 0.5) is 0 Å². The number of amides is 1. The summed E-state index contributed by atoms with van der Waals surface area (Å²) in [7, 11) is 0. The Bertz CT molecular complexity index is 401. The van der Waals surface area contributed by atoms with Crippen molar-refractivity contribution in [2.45, 2.75) is 77.7 Å². The van der Waals surface area contributed by atoms with E-state index in [1.54, 1.807) is 0 Å². The first-order valence-electron chi connectivity index (χ1n) is 8.88. The normalized spacial score (nSPS) is 44.0. The van der Waals surface area contributed by atoms with E-state index in [4.69, 9.17) is 0 Å². The molecule has 21 heavy (non-hydrogen) atoms. The van der Waals surface area contributed by atoms with Crippen molar-refractivity contribution in [3.63, 3.8) is 0 Å². The summed E-state index contributed by atoms with van der Waals surface area (Å²) in [5.41, 5.74) is 1.27. The van der Waals surface area contributed by atoms with Gasteiger partial charge in [0.05, 0.1) is 6.54 Å². The Labute approximate surface area is 129 Å². The molecular formula is C18H32N2O. The molecule has 0 spiro atoms. The summed E-state index contributed by atoms with van der Waals surface area (Å²) >= 11 is 0. The van der Waals surface area contributed by atoms with Crippen molar-refractivity contribution in [1.29, 1.82) is 0 Å². The van der Waals surface area contributed by atoms with E-state index in [9.17, 15) is 4.79 Å². The maximum absolute atomic E-state index is 12.0. The topological polar surface area (TPSA) is 41.1 Å². The van der Waals surface area contributed by atoms with Gasteiger partial charge < -0.3 is 10.6 Å². The molecular weight excluding hydrogens is 260 g/mol. The molecule has 3 heteroatoms. The quantitative estimate of drug-likeness (QED) is 0.738. The van der Waals surface area contributed by atoms with Gasteiger partial charge in [0.1, 0.15) is 0 Å². The highest BCUT2D eigenvalue weighted by Gasteiger charge is 2.59. The van der Waals surface area contributed by atoms with E-state index in [-0.39, 0.29) is 11.4 Å². The molecule has 2 atom stereocenters. The lowest BCUT2D eigenvalue weighted by Crippen LogP contribution is -2.65. The van der Waals surface area contributed by atoms with Crippen LogP contribution in [0.3, 0.4) is 0 Å². The Morgan fingerprint density at radius 2 is 1.76 bits per heavy atom. The van der Waals surface area contributed by atoms with Crippen molar-refractivity contribution in [2.24, 2.45) is 16.7 Å². The van der Waals surface area contributed by atoms with Gasteiger partial charge in [-0.2, -0.15) is 0 Å². The van der Waals surface area contributed by atoms with E-state index >= 15 is 0 Å². The molecule has 0 heterocycles. The molecule has 4 saturated carbocycles. The van der Waals surface area contributed by atoms with Crippen LogP contribution >= 0.6 is 0 Å². The van der Waals surface area contributed by atoms with Gasteiger partial charge in [0, 0.05) is 12.1 Å². The summed E-state index contributed by atoms with van der Waals surface area (Å²) in [5.74, 6) is 1.06. The minimum Gasteiger partial charge on any atom is -0.355 e. The molecule has 4 rings (SSSR count). The average Bonchev–Trinajstić information content (AvgIpc) is 2.32. The highest BCUT2D eigenvalue weighted by molar-refractivity contribution is 5.78. The zero-order valence-electron chi connectivity index (χ0n) is 14.1. The van der Waals surface area contributed by atoms with Gasteiger partial charge in [0.2, 0.25) is 5.91 Å². The van der Waals surface area contributed by atoms with Crippen molar-refractivity contribution < 1.29 is 4.79 Å². The van der Waals surface area contributed by atoms with Crippen LogP contribution < -0.4 is 10.6 Å².